The molecule has 3 heteroatoms. The second-order valence-electron chi connectivity index (χ2n) is 4.88. The number of hydrogen-bond donors (Lipinski definition) is 1. The van der Waals surface area contributed by atoms with E-state index in [0.717, 1.165) is 13.1 Å². The van der Waals surface area contributed by atoms with Crippen LogP contribution in [0.3, 0.4) is 0 Å². The van der Waals surface area contributed by atoms with Gasteiger partial charge in [0, 0.05) is 42.3 Å². The highest BCUT2D eigenvalue weighted by Gasteiger charge is 2.10. The zero-order valence-electron chi connectivity index (χ0n) is 11.3. The van der Waals surface area contributed by atoms with Crippen molar-refractivity contribution in [1.82, 2.24) is 9.88 Å². The zero-order valence-corrected chi connectivity index (χ0v) is 11.3. The first-order valence-corrected chi connectivity index (χ1v) is 6.52. The molecule has 98 valence electrons. The fourth-order valence-electron chi connectivity index (χ4n) is 2.61. The largest absolute Gasteiger partial charge is 0.472 e. The average molecular weight is 254 g/mol. The van der Waals surface area contributed by atoms with Gasteiger partial charge in [0.15, 0.2) is 0 Å². The number of rotatable bonds is 4. The van der Waals surface area contributed by atoms with Crippen LogP contribution in [0.5, 0.6) is 0 Å². The second-order valence-corrected chi connectivity index (χ2v) is 4.88. The van der Waals surface area contributed by atoms with Crippen LogP contribution >= 0.6 is 0 Å². The first-order chi connectivity index (χ1) is 9.27. The lowest BCUT2D eigenvalue weighted by molar-refractivity contribution is 0.559. The molecule has 2 aromatic heterocycles. The molecule has 0 bridgehead atoms. The van der Waals surface area contributed by atoms with Crippen LogP contribution in [0.1, 0.15) is 16.8 Å². The summed E-state index contributed by atoms with van der Waals surface area (Å²) < 4.78 is 7.34. The SMILES string of the molecule is Cc1c(CNCc2ccoc2)n(C)c2ccccc12. The maximum absolute atomic E-state index is 5.07. The third kappa shape index (κ3) is 2.17. The first kappa shape index (κ1) is 12.1. The minimum atomic E-state index is 0.831. The van der Waals surface area contributed by atoms with Gasteiger partial charge in [-0.25, -0.2) is 0 Å². The van der Waals surface area contributed by atoms with E-state index in [2.05, 4.69) is 48.1 Å². The molecule has 0 unspecified atom stereocenters. The minimum Gasteiger partial charge on any atom is -0.472 e. The molecule has 2 heterocycles. The molecular weight excluding hydrogens is 236 g/mol. The minimum absolute atomic E-state index is 0.831. The molecule has 1 aromatic carbocycles. The van der Waals surface area contributed by atoms with Gasteiger partial charge in [-0.3, -0.25) is 0 Å². The highest BCUT2D eigenvalue weighted by atomic mass is 16.3. The summed E-state index contributed by atoms with van der Waals surface area (Å²) in [4.78, 5) is 0. The van der Waals surface area contributed by atoms with E-state index >= 15 is 0 Å². The van der Waals surface area contributed by atoms with E-state index in [9.17, 15) is 0 Å². The molecule has 1 N–H and O–H groups in total. The Hall–Kier alpha value is -2.00. The summed E-state index contributed by atoms with van der Waals surface area (Å²) in [6, 6.07) is 10.5. The van der Waals surface area contributed by atoms with Crippen LogP contribution in [0.4, 0.5) is 0 Å². The monoisotopic (exact) mass is 254 g/mol. The van der Waals surface area contributed by atoms with Gasteiger partial charge in [0.2, 0.25) is 0 Å². The molecule has 0 radical (unpaired) electrons. The van der Waals surface area contributed by atoms with Crippen molar-refractivity contribution in [3.05, 3.63) is 59.7 Å². The molecule has 3 rings (SSSR count). The van der Waals surface area contributed by atoms with Gasteiger partial charge in [-0.1, -0.05) is 18.2 Å². The number of nitrogens with zero attached hydrogens (tertiary/aromatic N) is 1. The van der Waals surface area contributed by atoms with E-state index < -0.39 is 0 Å². The van der Waals surface area contributed by atoms with Crippen molar-refractivity contribution in [2.45, 2.75) is 20.0 Å². The molecule has 0 atom stereocenters. The van der Waals surface area contributed by atoms with Crippen molar-refractivity contribution < 1.29 is 4.42 Å². The van der Waals surface area contributed by atoms with Crippen molar-refractivity contribution in [3.8, 4) is 0 Å². The Kier molecular flexibility index (Phi) is 3.13. The van der Waals surface area contributed by atoms with Crippen molar-refractivity contribution in [2.24, 2.45) is 7.05 Å². The molecule has 0 aliphatic carbocycles. The van der Waals surface area contributed by atoms with E-state index in [-0.39, 0.29) is 0 Å². The number of aromatic nitrogens is 1. The Balaban J connectivity index is 1.81. The van der Waals surface area contributed by atoms with Crippen LogP contribution in [0, 0.1) is 6.92 Å². The number of benzene rings is 1. The van der Waals surface area contributed by atoms with E-state index in [0.29, 0.717) is 0 Å². The predicted octanol–water partition coefficient (Wildman–Crippen LogP) is 3.37. The highest BCUT2D eigenvalue weighted by Crippen LogP contribution is 2.24. The number of para-hydroxylation sites is 1. The molecule has 0 aliphatic heterocycles. The summed E-state index contributed by atoms with van der Waals surface area (Å²) in [5.41, 5.74) is 5.17. The molecule has 0 saturated carbocycles. The van der Waals surface area contributed by atoms with E-state index in [1.807, 2.05) is 6.07 Å². The summed E-state index contributed by atoms with van der Waals surface area (Å²) in [5, 5.41) is 4.80. The van der Waals surface area contributed by atoms with E-state index in [1.54, 1.807) is 12.5 Å². The van der Waals surface area contributed by atoms with Crippen LogP contribution in [0.15, 0.2) is 47.3 Å². The zero-order chi connectivity index (χ0) is 13.2. The Bertz CT molecular complexity index is 641. The third-order valence-electron chi connectivity index (χ3n) is 3.71. The third-order valence-corrected chi connectivity index (χ3v) is 3.71. The molecular formula is C16H18N2O. The van der Waals surface area contributed by atoms with Crippen molar-refractivity contribution in [3.63, 3.8) is 0 Å². The summed E-state index contributed by atoms with van der Waals surface area (Å²) in [7, 11) is 2.13. The van der Waals surface area contributed by atoms with Gasteiger partial charge in [-0.2, -0.15) is 0 Å². The maximum atomic E-state index is 5.07. The normalized spacial score (nSPS) is 11.3. The quantitative estimate of drug-likeness (QED) is 0.773. The van der Waals surface area contributed by atoms with Crippen LogP contribution < -0.4 is 5.32 Å². The molecule has 0 saturated heterocycles. The number of aryl methyl sites for hydroxylation is 2. The van der Waals surface area contributed by atoms with Gasteiger partial charge in [-0.15, -0.1) is 0 Å². The van der Waals surface area contributed by atoms with Gasteiger partial charge >= 0.3 is 0 Å². The maximum Gasteiger partial charge on any atom is 0.0947 e. The van der Waals surface area contributed by atoms with Gasteiger partial charge < -0.3 is 14.3 Å². The lowest BCUT2D eigenvalue weighted by atomic mass is 10.1. The molecule has 0 amide bonds. The Morgan fingerprint density at radius 3 is 2.74 bits per heavy atom. The number of fused-ring (bicyclic) bond motifs is 1. The Labute approximate surface area is 112 Å². The lowest BCUT2D eigenvalue weighted by Gasteiger charge is -2.07. The molecule has 0 aliphatic rings. The van der Waals surface area contributed by atoms with Crippen molar-refractivity contribution in [1.29, 1.82) is 0 Å². The summed E-state index contributed by atoms with van der Waals surface area (Å²) in [6.45, 7) is 3.89. The topological polar surface area (TPSA) is 30.1 Å². The fraction of sp³-hybridized carbons (Fsp3) is 0.250. The molecule has 3 nitrogen and oxygen atoms in total. The van der Waals surface area contributed by atoms with Crippen LogP contribution in [0.25, 0.3) is 10.9 Å². The second kappa shape index (κ2) is 4.94. The Morgan fingerprint density at radius 1 is 1.16 bits per heavy atom. The van der Waals surface area contributed by atoms with E-state index in [1.165, 1.54) is 27.7 Å². The van der Waals surface area contributed by atoms with Gasteiger partial charge in [0.1, 0.15) is 0 Å². The van der Waals surface area contributed by atoms with Gasteiger partial charge in [0.05, 0.1) is 12.5 Å². The summed E-state index contributed by atoms with van der Waals surface area (Å²) in [6.07, 6.45) is 3.49. The van der Waals surface area contributed by atoms with Crippen molar-refractivity contribution >= 4 is 10.9 Å². The smallest absolute Gasteiger partial charge is 0.0947 e. The van der Waals surface area contributed by atoms with Crippen LogP contribution in [0.2, 0.25) is 0 Å². The van der Waals surface area contributed by atoms with Gasteiger partial charge in [-0.05, 0) is 24.6 Å². The standard InChI is InChI=1S/C16H18N2O/c1-12-14-5-3-4-6-15(14)18(2)16(12)10-17-9-13-7-8-19-11-13/h3-8,11,17H,9-10H2,1-2H3. The average Bonchev–Trinajstić information content (AvgIpc) is 3.02. The highest BCUT2D eigenvalue weighted by molar-refractivity contribution is 5.85. The van der Waals surface area contributed by atoms with Gasteiger partial charge in [0.25, 0.3) is 0 Å². The lowest BCUT2D eigenvalue weighted by Crippen LogP contribution is -2.15. The molecule has 3 aromatic rings. The van der Waals surface area contributed by atoms with Crippen molar-refractivity contribution in [2.75, 3.05) is 0 Å². The molecule has 19 heavy (non-hydrogen) atoms. The summed E-state index contributed by atoms with van der Waals surface area (Å²) in [5.74, 6) is 0. The van der Waals surface area contributed by atoms with Crippen LogP contribution in [-0.4, -0.2) is 4.57 Å². The molecule has 0 spiro atoms. The first-order valence-electron chi connectivity index (χ1n) is 6.52. The number of hydrogen-bond acceptors (Lipinski definition) is 2. The fourth-order valence-corrected chi connectivity index (χ4v) is 2.61. The van der Waals surface area contributed by atoms with Crippen LogP contribution in [-0.2, 0) is 20.1 Å². The number of nitrogens with one attached hydrogen (secondary N) is 1. The predicted molar refractivity (Wildman–Crippen MR) is 76.9 cm³/mol. The Morgan fingerprint density at radius 2 is 2.00 bits per heavy atom. The number of furan rings is 1. The molecule has 0 fully saturated rings. The van der Waals surface area contributed by atoms with E-state index in [4.69, 9.17) is 4.42 Å². The summed E-state index contributed by atoms with van der Waals surface area (Å²) >= 11 is 0.